The van der Waals surface area contributed by atoms with Gasteiger partial charge in [-0.2, -0.15) is 0 Å². The molecule has 6 atom stereocenters. The van der Waals surface area contributed by atoms with Crippen LogP contribution in [0.2, 0.25) is 0 Å². The number of hydrazine groups is 1. The fourth-order valence-corrected chi connectivity index (χ4v) is 4.59. The highest BCUT2D eigenvalue weighted by Gasteiger charge is 2.54. The van der Waals surface area contributed by atoms with Gasteiger partial charge in [0.25, 0.3) is 0 Å². The molecule has 0 aromatic carbocycles. The molecule has 4 aliphatic heterocycles. The molecule has 2 bridgehead atoms. The minimum Gasteiger partial charge on any atom is -0.466 e. The van der Waals surface area contributed by atoms with E-state index in [4.69, 9.17) is 9.47 Å². The van der Waals surface area contributed by atoms with E-state index >= 15 is 0 Å². The Morgan fingerprint density at radius 2 is 2.04 bits per heavy atom. The van der Waals surface area contributed by atoms with Gasteiger partial charge in [-0.3, -0.25) is 14.5 Å². The zero-order valence-corrected chi connectivity index (χ0v) is 15.2. The Kier molecular flexibility index (Phi) is 5.42. The minimum absolute atomic E-state index is 0.0778. The molecule has 0 aliphatic carbocycles. The van der Waals surface area contributed by atoms with Crippen LogP contribution in [0.3, 0.4) is 0 Å². The van der Waals surface area contributed by atoms with E-state index in [0.29, 0.717) is 6.61 Å². The number of amides is 1. The largest absolute Gasteiger partial charge is 0.466 e. The maximum atomic E-state index is 12.7. The predicted octanol–water partition coefficient (Wildman–Crippen LogP) is -1.34. The third kappa shape index (κ3) is 3.46. The molecule has 4 N–H and O–H groups in total. The van der Waals surface area contributed by atoms with Crippen LogP contribution in [0, 0.1) is 5.92 Å². The molecule has 4 heterocycles. The van der Waals surface area contributed by atoms with Crippen LogP contribution in [0.15, 0.2) is 0 Å². The van der Waals surface area contributed by atoms with Crippen LogP contribution < -0.4 is 21.5 Å². The molecule has 4 aliphatic rings. The molecule has 146 valence electrons. The Morgan fingerprint density at radius 1 is 1.19 bits per heavy atom. The molecule has 1 amide bonds. The minimum atomic E-state index is -0.391. The smallest absolute Gasteiger partial charge is 0.313 e. The molecule has 0 saturated carbocycles. The molecule has 4 rings (SSSR count). The summed E-state index contributed by atoms with van der Waals surface area (Å²) in [6.45, 7) is 5.03. The van der Waals surface area contributed by atoms with Gasteiger partial charge < -0.3 is 20.1 Å². The molecule has 0 spiro atoms. The highest BCUT2D eigenvalue weighted by atomic mass is 16.5. The van der Waals surface area contributed by atoms with Crippen LogP contribution >= 0.6 is 0 Å². The standard InChI is InChI=1S/C17H29N5O4/c1-2-25-17(24)14-11-4-5-12(26-11)15(14)19-16(23)10-3-6-13(21-20-10)22-8-7-18-9-22/h10-15,18,20-21H,2-9H2,1H3,(H,19,23). The number of nitrogens with one attached hydrogen (secondary N) is 4. The highest BCUT2D eigenvalue weighted by molar-refractivity contribution is 5.83. The zero-order valence-electron chi connectivity index (χ0n) is 15.2. The predicted molar refractivity (Wildman–Crippen MR) is 92.6 cm³/mol. The SMILES string of the molecule is CCOC(=O)C1C2CCC(O2)C1NC(=O)C1CCC(N2CCNC2)NN1. The van der Waals surface area contributed by atoms with Gasteiger partial charge in [0.2, 0.25) is 5.91 Å². The number of carbonyl (C=O) groups excluding carboxylic acids is 2. The van der Waals surface area contributed by atoms with Crippen molar-refractivity contribution in [2.24, 2.45) is 5.92 Å². The van der Waals surface area contributed by atoms with E-state index in [1.54, 1.807) is 6.92 Å². The number of fused-ring (bicyclic) bond motifs is 2. The lowest BCUT2D eigenvalue weighted by molar-refractivity contribution is -0.150. The van der Waals surface area contributed by atoms with Crippen LogP contribution in [0.5, 0.6) is 0 Å². The fraction of sp³-hybridized carbons (Fsp3) is 0.882. The topological polar surface area (TPSA) is 104 Å². The summed E-state index contributed by atoms with van der Waals surface area (Å²) in [5, 5.41) is 6.37. The van der Waals surface area contributed by atoms with Crippen molar-refractivity contribution in [3.05, 3.63) is 0 Å². The molecule has 4 fully saturated rings. The van der Waals surface area contributed by atoms with Gasteiger partial charge in [0, 0.05) is 19.8 Å². The van der Waals surface area contributed by atoms with Crippen molar-refractivity contribution in [2.75, 3.05) is 26.4 Å². The molecular weight excluding hydrogens is 338 g/mol. The summed E-state index contributed by atoms with van der Waals surface area (Å²) in [5.74, 6) is -0.732. The number of esters is 1. The number of rotatable bonds is 5. The van der Waals surface area contributed by atoms with E-state index in [-0.39, 0.29) is 42.3 Å². The summed E-state index contributed by atoms with van der Waals surface area (Å²) in [7, 11) is 0. The van der Waals surface area contributed by atoms with Crippen molar-refractivity contribution in [3.8, 4) is 0 Å². The molecule has 9 heteroatoms. The van der Waals surface area contributed by atoms with Gasteiger partial charge in [0.05, 0.1) is 31.0 Å². The third-order valence-electron chi connectivity index (χ3n) is 5.94. The van der Waals surface area contributed by atoms with Gasteiger partial charge >= 0.3 is 5.97 Å². The molecule has 0 radical (unpaired) electrons. The summed E-state index contributed by atoms with van der Waals surface area (Å²) in [6.07, 6.45) is 3.42. The maximum absolute atomic E-state index is 12.7. The first kappa shape index (κ1) is 18.1. The summed E-state index contributed by atoms with van der Waals surface area (Å²) in [4.78, 5) is 27.4. The Hall–Kier alpha value is -1.26. The molecular formula is C17H29N5O4. The third-order valence-corrected chi connectivity index (χ3v) is 5.94. The van der Waals surface area contributed by atoms with Crippen LogP contribution in [0.4, 0.5) is 0 Å². The van der Waals surface area contributed by atoms with Gasteiger partial charge in [0.1, 0.15) is 12.0 Å². The highest BCUT2D eigenvalue weighted by Crippen LogP contribution is 2.39. The average molecular weight is 367 g/mol. The summed E-state index contributed by atoms with van der Waals surface area (Å²) in [5.41, 5.74) is 6.40. The van der Waals surface area contributed by atoms with Crippen LogP contribution in [0.25, 0.3) is 0 Å². The number of nitrogens with zero attached hydrogens (tertiary/aromatic N) is 1. The second-order valence-corrected chi connectivity index (χ2v) is 7.51. The zero-order chi connectivity index (χ0) is 18.1. The Labute approximate surface area is 153 Å². The first-order valence-electron chi connectivity index (χ1n) is 9.75. The average Bonchev–Trinajstić information content (AvgIpc) is 3.39. The second-order valence-electron chi connectivity index (χ2n) is 7.51. The lowest BCUT2D eigenvalue weighted by atomic mass is 9.84. The summed E-state index contributed by atoms with van der Waals surface area (Å²) in [6, 6.07) is -0.591. The van der Waals surface area contributed by atoms with Gasteiger partial charge in [-0.25, -0.2) is 10.9 Å². The van der Waals surface area contributed by atoms with Gasteiger partial charge in [-0.1, -0.05) is 0 Å². The quantitative estimate of drug-likeness (QED) is 0.443. The maximum Gasteiger partial charge on any atom is 0.313 e. The molecule has 0 aromatic rings. The van der Waals surface area contributed by atoms with Crippen molar-refractivity contribution in [1.29, 1.82) is 0 Å². The summed E-state index contributed by atoms with van der Waals surface area (Å²) >= 11 is 0. The van der Waals surface area contributed by atoms with Crippen molar-refractivity contribution in [2.45, 2.75) is 63.1 Å². The van der Waals surface area contributed by atoms with Crippen molar-refractivity contribution >= 4 is 11.9 Å². The van der Waals surface area contributed by atoms with E-state index in [1.165, 1.54) is 0 Å². The van der Waals surface area contributed by atoms with Crippen molar-refractivity contribution in [3.63, 3.8) is 0 Å². The fourth-order valence-electron chi connectivity index (χ4n) is 4.59. The Bertz CT molecular complexity index is 533. The Morgan fingerprint density at radius 3 is 2.73 bits per heavy atom. The van der Waals surface area contributed by atoms with E-state index in [2.05, 4.69) is 26.4 Å². The van der Waals surface area contributed by atoms with Gasteiger partial charge in [-0.05, 0) is 32.6 Å². The van der Waals surface area contributed by atoms with Crippen molar-refractivity contribution in [1.82, 2.24) is 26.4 Å². The summed E-state index contributed by atoms with van der Waals surface area (Å²) < 4.78 is 11.1. The van der Waals surface area contributed by atoms with E-state index < -0.39 is 5.92 Å². The first-order valence-corrected chi connectivity index (χ1v) is 9.75. The van der Waals surface area contributed by atoms with E-state index in [1.807, 2.05) is 0 Å². The number of ether oxygens (including phenoxy) is 2. The molecule has 4 saturated heterocycles. The van der Waals surface area contributed by atoms with Crippen LogP contribution in [-0.4, -0.2) is 73.6 Å². The van der Waals surface area contributed by atoms with E-state index in [9.17, 15) is 9.59 Å². The molecule has 9 nitrogen and oxygen atoms in total. The van der Waals surface area contributed by atoms with Gasteiger partial charge in [0.15, 0.2) is 0 Å². The first-order chi connectivity index (χ1) is 12.7. The number of hydrogen-bond donors (Lipinski definition) is 4. The van der Waals surface area contributed by atoms with Crippen molar-refractivity contribution < 1.29 is 19.1 Å². The second kappa shape index (κ2) is 7.77. The molecule has 26 heavy (non-hydrogen) atoms. The lowest BCUT2D eigenvalue weighted by Crippen LogP contribution is -2.63. The van der Waals surface area contributed by atoms with Crippen LogP contribution in [0.1, 0.15) is 32.6 Å². The van der Waals surface area contributed by atoms with E-state index in [0.717, 1.165) is 45.4 Å². The monoisotopic (exact) mass is 367 g/mol. The normalized spacial score (nSPS) is 39.9. The lowest BCUT2D eigenvalue weighted by Gasteiger charge is -2.36. The number of carbonyl (C=O) groups is 2. The number of hydrogen-bond acceptors (Lipinski definition) is 8. The molecule has 0 aromatic heterocycles. The van der Waals surface area contributed by atoms with Gasteiger partial charge in [-0.15, -0.1) is 0 Å². The van der Waals surface area contributed by atoms with Crippen LogP contribution in [-0.2, 0) is 19.1 Å². The Balaban J connectivity index is 1.32. The molecule has 6 unspecified atom stereocenters.